The number of hydrogen-bond acceptors (Lipinski definition) is 3. The first-order chi connectivity index (χ1) is 8.04. The maximum atomic E-state index is 11.1. The van der Waals surface area contributed by atoms with Gasteiger partial charge < -0.3 is 9.84 Å². The van der Waals surface area contributed by atoms with Crippen molar-refractivity contribution in [1.82, 2.24) is 0 Å². The largest absolute Gasteiger partial charge is 0.466 e. The number of rotatable bonds is 5. The first-order valence-corrected chi connectivity index (χ1v) is 6.91. The molecular formula is C12H14Br2O3. The van der Waals surface area contributed by atoms with Gasteiger partial charge in [0.05, 0.1) is 12.7 Å². The van der Waals surface area contributed by atoms with Crippen LogP contribution in [0.15, 0.2) is 27.1 Å². The van der Waals surface area contributed by atoms with Crippen LogP contribution in [-0.2, 0) is 9.53 Å². The van der Waals surface area contributed by atoms with Crippen LogP contribution < -0.4 is 0 Å². The SMILES string of the molecule is CCOC(=O)CCC(O)c1ccc(Br)c(Br)c1. The van der Waals surface area contributed by atoms with E-state index in [-0.39, 0.29) is 12.4 Å². The first kappa shape index (κ1) is 14.7. The van der Waals surface area contributed by atoms with Crippen LogP contribution in [-0.4, -0.2) is 17.7 Å². The molecule has 3 nitrogen and oxygen atoms in total. The Kier molecular flexibility index (Phi) is 6.16. The Bertz CT molecular complexity index is 393. The molecule has 1 unspecified atom stereocenters. The molecule has 17 heavy (non-hydrogen) atoms. The third-order valence-corrected chi connectivity index (χ3v) is 4.14. The number of carbonyl (C=O) groups excluding carboxylic acids is 1. The lowest BCUT2D eigenvalue weighted by Crippen LogP contribution is -2.07. The standard InChI is InChI=1S/C12H14Br2O3/c1-2-17-12(16)6-5-11(15)8-3-4-9(13)10(14)7-8/h3-4,7,11,15H,2,5-6H2,1H3. The van der Waals surface area contributed by atoms with E-state index in [1.165, 1.54) is 0 Å². The lowest BCUT2D eigenvalue weighted by atomic mass is 10.1. The van der Waals surface area contributed by atoms with E-state index in [4.69, 9.17) is 4.74 Å². The zero-order valence-electron chi connectivity index (χ0n) is 9.45. The van der Waals surface area contributed by atoms with Crippen molar-refractivity contribution in [2.45, 2.75) is 25.9 Å². The minimum absolute atomic E-state index is 0.225. The second kappa shape index (κ2) is 7.13. The van der Waals surface area contributed by atoms with Crippen molar-refractivity contribution in [3.05, 3.63) is 32.7 Å². The summed E-state index contributed by atoms with van der Waals surface area (Å²) in [6, 6.07) is 5.51. The molecule has 1 aromatic rings. The molecule has 1 atom stereocenters. The number of aliphatic hydroxyl groups excluding tert-OH is 1. The van der Waals surface area contributed by atoms with Gasteiger partial charge in [-0.1, -0.05) is 6.07 Å². The number of hydrogen-bond donors (Lipinski definition) is 1. The molecule has 0 amide bonds. The summed E-state index contributed by atoms with van der Waals surface area (Å²) in [6.45, 7) is 2.14. The lowest BCUT2D eigenvalue weighted by Gasteiger charge is -2.11. The van der Waals surface area contributed by atoms with E-state index in [2.05, 4.69) is 31.9 Å². The minimum atomic E-state index is -0.649. The molecule has 0 aromatic heterocycles. The molecule has 5 heteroatoms. The van der Waals surface area contributed by atoms with Crippen molar-refractivity contribution in [2.75, 3.05) is 6.61 Å². The summed E-state index contributed by atoms with van der Waals surface area (Å²) >= 11 is 6.73. The Morgan fingerprint density at radius 3 is 2.71 bits per heavy atom. The van der Waals surface area contributed by atoms with Gasteiger partial charge in [0.25, 0.3) is 0 Å². The van der Waals surface area contributed by atoms with E-state index < -0.39 is 6.10 Å². The predicted octanol–water partition coefficient (Wildman–Crippen LogP) is 3.59. The Balaban J connectivity index is 2.54. The third kappa shape index (κ3) is 4.77. The molecule has 0 saturated carbocycles. The molecular weight excluding hydrogens is 352 g/mol. The van der Waals surface area contributed by atoms with E-state index in [0.717, 1.165) is 14.5 Å². The van der Waals surface area contributed by atoms with Crippen LogP contribution in [0.2, 0.25) is 0 Å². The van der Waals surface area contributed by atoms with E-state index >= 15 is 0 Å². The zero-order valence-corrected chi connectivity index (χ0v) is 12.6. The van der Waals surface area contributed by atoms with Crippen LogP contribution in [0, 0.1) is 0 Å². The monoisotopic (exact) mass is 364 g/mol. The van der Waals surface area contributed by atoms with E-state index in [1.807, 2.05) is 18.2 Å². The van der Waals surface area contributed by atoms with Crippen LogP contribution in [0.3, 0.4) is 0 Å². The van der Waals surface area contributed by atoms with Crippen molar-refractivity contribution in [1.29, 1.82) is 0 Å². The molecule has 0 radical (unpaired) electrons. The van der Waals surface area contributed by atoms with Gasteiger partial charge in [0.2, 0.25) is 0 Å². The molecule has 94 valence electrons. The van der Waals surface area contributed by atoms with E-state index in [1.54, 1.807) is 6.92 Å². The Morgan fingerprint density at radius 1 is 1.41 bits per heavy atom. The van der Waals surface area contributed by atoms with Crippen molar-refractivity contribution >= 4 is 37.8 Å². The summed E-state index contributed by atoms with van der Waals surface area (Å²) in [7, 11) is 0. The average molecular weight is 366 g/mol. The minimum Gasteiger partial charge on any atom is -0.466 e. The summed E-state index contributed by atoms with van der Waals surface area (Å²) in [5, 5.41) is 9.91. The Morgan fingerprint density at radius 2 is 2.12 bits per heavy atom. The van der Waals surface area contributed by atoms with Gasteiger partial charge in [-0.25, -0.2) is 0 Å². The molecule has 0 aliphatic carbocycles. The van der Waals surface area contributed by atoms with Gasteiger partial charge in [-0.05, 0) is 62.9 Å². The van der Waals surface area contributed by atoms with Gasteiger partial charge in [-0.3, -0.25) is 4.79 Å². The fraction of sp³-hybridized carbons (Fsp3) is 0.417. The topological polar surface area (TPSA) is 46.5 Å². The van der Waals surface area contributed by atoms with Crippen LogP contribution in [0.1, 0.15) is 31.4 Å². The summed E-state index contributed by atoms with van der Waals surface area (Å²) in [5.41, 5.74) is 0.782. The highest BCUT2D eigenvalue weighted by Crippen LogP contribution is 2.28. The second-order valence-electron chi connectivity index (χ2n) is 3.53. The highest BCUT2D eigenvalue weighted by molar-refractivity contribution is 9.13. The third-order valence-electron chi connectivity index (χ3n) is 2.26. The fourth-order valence-corrected chi connectivity index (χ4v) is 2.02. The molecule has 0 aliphatic heterocycles. The quantitative estimate of drug-likeness (QED) is 0.811. The van der Waals surface area contributed by atoms with Crippen LogP contribution in [0.5, 0.6) is 0 Å². The number of aliphatic hydroxyl groups is 1. The number of halogens is 2. The second-order valence-corrected chi connectivity index (χ2v) is 5.24. The molecule has 0 heterocycles. The van der Waals surface area contributed by atoms with Crippen LogP contribution in [0.25, 0.3) is 0 Å². The van der Waals surface area contributed by atoms with Gasteiger partial charge in [0, 0.05) is 15.4 Å². The summed E-state index contributed by atoms with van der Waals surface area (Å²) < 4.78 is 6.61. The zero-order chi connectivity index (χ0) is 12.8. The number of ether oxygens (including phenoxy) is 1. The first-order valence-electron chi connectivity index (χ1n) is 5.33. The molecule has 0 fully saturated rings. The Labute approximate surface area is 117 Å². The van der Waals surface area contributed by atoms with Gasteiger partial charge in [-0.2, -0.15) is 0 Å². The van der Waals surface area contributed by atoms with Crippen LogP contribution in [0.4, 0.5) is 0 Å². The average Bonchev–Trinajstić information content (AvgIpc) is 2.30. The predicted molar refractivity (Wildman–Crippen MR) is 72.7 cm³/mol. The summed E-state index contributed by atoms with van der Waals surface area (Å²) in [4.78, 5) is 11.1. The van der Waals surface area contributed by atoms with Gasteiger partial charge in [-0.15, -0.1) is 0 Å². The lowest BCUT2D eigenvalue weighted by molar-refractivity contribution is -0.143. The van der Waals surface area contributed by atoms with Crippen molar-refractivity contribution < 1.29 is 14.6 Å². The highest BCUT2D eigenvalue weighted by atomic mass is 79.9. The van der Waals surface area contributed by atoms with E-state index in [9.17, 15) is 9.90 Å². The molecule has 0 aliphatic rings. The summed E-state index contributed by atoms with van der Waals surface area (Å²) in [5.74, 6) is -0.275. The molecule has 1 rings (SSSR count). The van der Waals surface area contributed by atoms with Crippen molar-refractivity contribution in [3.8, 4) is 0 Å². The van der Waals surface area contributed by atoms with Crippen molar-refractivity contribution in [2.24, 2.45) is 0 Å². The molecule has 1 aromatic carbocycles. The number of esters is 1. The van der Waals surface area contributed by atoms with Gasteiger partial charge >= 0.3 is 5.97 Å². The number of carbonyl (C=O) groups is 1. The maximum absolute atomic E-state index is 11.1. The van der Waals surface area contributed by atoms with Gasteiger partial charge in [0.1, 0.15) is 0 Å². The normalized spacial score (nSPS) is 12.2. The van der Waals surface area contributed by atoms with Crippen LogP contribution >= 0.6 is 31.9 Å². The highest BCUT2D eigenvalue weighted by Gasteiger charge is 2.12. The molecule has 0 bridgehead atoms. The maximum Gasteiger partial charge on any atom is 0.305 e. The smallest absolute Gasteiger partial charge is 0.305 e. The fourth-order valence-electron chi connectivity index (χ4n) is 1.37. The van der Waals surface area contributed by atoms with Gasteiger partial charge in [0.15, 0.2) is 0 Å². The summed E-state index contributed by atoms with van der Waals surface area (Å²) in [6.07, 6.45) is -0.0564. The molecule has 0 spiro atoms. The van der Waals surface area contributed by atoms with E-state index in [0.29, 0.717) is 13.0 Å². The Hall–Kier alpha value is -0.390. The molecule has 0 saturated heterocycles. The van der Waals surface area contributed by atoms with Crippen molar-refractivity contribution in [3.63, 3.8) is 0 Å². The molecule has 1 N–H and O–H groups in total. The number of benzene rings is 1.